The number of imidazole rings is 1. The molecular formula is C40H62ClN3O2S2. The molecule has 1 aromatic carbocycles. The number of fused-ring (bicyclic) bond motifs is 2. The number of carbonyl (C=O) groups excluding carboxylic acids is 1. The third kappa shape index (κ3) is 10.2. The molecule has 0 saturated carbocycles. The number of halogens is 1. The minimum absolute atomic E-state index is 0. The van der Waals surface area contributed by atoms with E-state index in [4.69, 9.17) is 9.72 Å². The molecule has 2 aromatic heterocycles. The van der Waals surface area contributed by atoms with Gasteiger partial charge in [0, 0.05) is 28.2 Å². The summed E-state index contributed by atoms with van der Waals surface area (Å²) in [5.74, 6) is 4.03. The van der Waals surface area contributed by atoms with Gasteiger partial charge in [-0.1, -0.05) is 130 Å². The highest BCUT2D eigenvalue weighted by Gasteiger charge is 2.50. The minimum atomic E-state index is -0.512. The molecule has 1 N–H and O–H groups in total. The predicted octanol–water partition coefficient (Wildman–Crippen LogP) is 8.44. The highest BCUT2D eigenvalue weighted by Crippen LogP contribution is 2.47. The Morgan fingerprint density at radius 3 is 1.85 bits per heavy atom. The number of methoxy groups -OCH3 is 1. The third-order valence-corrected chi connectivity index (χ3v) is 12.7. The molecule has 3 aromatic rings. The van der Waals surface area contributed by atoms with Gasteiger partial charge in [-0.05, 0) is 64.3 Å². The molecule has 0 amide bonds. The van der Waals surface area contributed by atoms with E-state index in [0.29, 0.717) is 0 Å². The van der Waals surface area contributed by atoms with Gasteiger partial charge in [-0.2, -0.15) is 0 Å². The fourth-order valence-electron chi connectivity index (χ4n) is 7.36. The smallest absolute Gasteiger partial charge is 0.402 e. The molecule has 1 aliphatic rings. The fourth-order valence-corrected chi connectivity index (χ4v) is 9.64. The number of hydrogen-bond donors (Lipinski definition) is 1. The Morgan fingerprint density at radius 2 is 1.31 bits per heavy atom. The zero-order chi connectivity index (χ0) is 33.9. The average Bonchev–Trinajstić information content (AvgIpc) is 3.53. The molecule has 0 radical (unpaired) electrons. The Hall–Kier alpha value is -1.70. The van der Waals surface area contributed by atoms with Gasteiger partial charge in [0.1, 0.15) is 17.0 Å². The van der Waals surface area contributed by atoms with Crippen LogP contribution in [-0.4, -0.2) is 28.6 Å². The first-order valence-electron chi connectivity index (χ1n) is 18.6. The molecule has 0 spiro atoms. The lowest BCUT2D eigenvalue weighted by molar-refractivity contribution is -0.610. The highest BCUT2D eigenvalue weighted by molar-refractivity contribution is 8.76. The second kappa shape index (κ2) is 19.6. The number of aromatic nitrogens is 3. The molecule has 8 heteroatoms. The SMILES string of the molecule is CCCCCCCCCCCCCCCCCCSSCc1c(C)c(OC)cc[n+]1-c1nc2cc3c(cc2[nH]1)C(C)(C)C(=O)C3(C)C.[Cl-]. The lowest BCUT2D eigenvalue weighted by Gasteiger charge is -2.21. The number of rotatable bonds is 22. The molecule has 268 valence electrons. The Kier molecular flexibility index (Phi) is 16.7. The summed E-state index contributed by atoms with van der Waals surface area (Å²) in [4.78, 5) is 21.8. The number of nitrogens with one attached hydrogen (secondary N) is 1. The first kappa shape index (κ1) is 40.7. The summed E-state index contributed by atoms with van der Waals surface area (Å²) in [6.07, 6.45) is 24.6. The van der Waals surface area contributed by atoms with E-state index in [2.05, 4.69) is 41.7 Å². The molecule has 0 unspecified atom stereocenters. The number of nitrogens with zero attached hydrogens (tertiary/aromatic N) is 2. The normalized spacial score (nSPS) is 14.8. The Bertz CT molecular complexity index is 1400. The molecule has 0 bridgehead atoms. The van der Waals surface area contributed by atoms with Crippen molar-refractivity contribution in [2.45, 2.75) is 161 Å². The number of ketones is 1. The summed E-state index contributed by atoms with van der Waals surface area (Å²) < 4.78 is 7.87. The largest absolute Gasteiger partial charge is 1.00 e. The molecular weight excluding hydrogens is 654 g/mol. The van der Waals surface area contributed by atoms with Gasteiger partial charge in [0.15, 0.2) is 11.3 Å². The van der Waals surface area contributed by atoms with Crippen LogP contribution in [0.2, 0.25) is 0 Å². The van der Waals surface area contributed by atoms with Crippen LogP contribution in [-0.2, 0) is 21.4 Å². The second-order valence-corrected chi connectivity index (χ2v) is 17.4. The standard InChI is InChI=1S/C40H62N3O2S2.ClH/c1-8-9-10-11-12-13-14-15-16-17-18-19-20-21-22-23-26-46-47-29-35-30(2)36(45-7)24-25-43(35)38-41-33-27-31-32(28-34(33)42-38)40(5,6)37(44)39(31,3)4;/h24-25,27-28H,8-23,26,29H2,1-7H3,(H,41,42);1H/q+1;/p-1. The van der Waals surface area contributed by atoms with Crippen LogP contribution in [0.25, 0.3) is 17.0 Å². The van der Waals surface area contributed by atoms with E-state index < -0.39 is 10.8 Å². The van der Waals surface area contributed by atoms with E-state index in [1.54, 1.807) is 7.11 Å². The molecule has 1 aliphatic carbocycles. The van der Waals surface area contributed by atoms with Crippen molar-refractivity contribution in [3.05, 3.63) is 46.8 Å². The maximum absolute atomic E-state index is 13.2. The molecule has 4 rings (SSSR count). The van der Waals surface area contributed by atoms with Gasteiger partial charge >= 0.3 is 5.95 Å². The van der Waals surface area contributed by atoms with E-state index >= 15 is 0 Å². The number of Topliss-reactive ketones (excluding diaryl/α,β-unsaturated/α-hetero) is 1. The van der Waals surface area contributed by atoms with Crippen molar-refractivity contribution in [2.75, 3.05) is 12.9 Å². The lowest BCUT2D eigenvalue weighted by Crippen LogP contribution is -3.00. The topological polar surface area (TPSA) is 58.9 Å². The molecule has 2 heterocycles. The molecule has 48 heavy (non-hydrogen) atoms. The zero-order valence-corrected chi connectivity index (χ0v) is 33.3. The van der Waals surface area contributed by atoms with Gasteiger partial charge < -0.3 is 17.1 Å². The molecule has 0 saturated heterocycles. The van der Waals surface area contributed by atoms with Crippen LogP contribution >= 0.6 is 21.6 Å². The Labute approximate surface area is 305 Å². The van der Waals surface area contributed by atoms with Crippen molar-refractivity contribution in [1.29, 1.82) is 0 Å². The van der Waals surface area contributed by atoms with E-state index in [1.807, 2.05) is 55.3 Å². The summed E-state index contributed by atoms with van der Waals surface area (Å²) in [5.41, 5.74) is 5.37. The van der Waals surface area contributed by atoms with Crippen molar-refractivity contribution in [3.8, 4) is 11.7 Å². The van der Waals surface area contributed by atoms with E-state index in [0.717, 1.165) is 45.2 Å². The van der Waals surface area contributed by atoms with Crippen LogP contribution in [0.1, 0.15) is 160 Å². The van der Waals surface area contributed by atoms with E-state index in [-0.39, 0.29) is 18.2 Å². The van der Waals surface area contributed by atoms with Gasteiger partial charge in [-0.25, -0.2) is 9.55 Å². The van der Waals surface area contributed by atoms with Gasteiger partial charge in [0.2, 0.25) is 0 Å². The van der Waals surface area contributed by atoms with Crippen LogP contribution in [0.15, 0.2) is 24.4 Å². The number of ether oxygens (including phenoxy) is 1. The number of H-pyrrole nitrogens is 1. The van der Waals surface area contributed by atoms with Crippen molar-refractivity contribution in [1.82, 2.24) is 9.97 Å². The maximum atomic E-state index is 13.2. The Balaban J connectivity index is 0.00000625. The predicted molar refractivity (Wildman–Crippen MR) is 203 cm³/mol. The monoisotopic (exact) mass is 715 g/mol. The van der Waals surface area contributed by atoms with Crippen LogP contribution in [0.4, 0.5) is 0 Å². The molecule has 0 aliphatic heterocycles. The van der Waals surface area contributed by atoms with Gasteiger partial charge in [-0.3, -0.25) is 4.79 Å². The zero-order valence-electron chi connectivity index (χ0n) is 30.9. The first-order chi connectivity index (χ1) is 22.6. The lowest BCUT2D eigenvalue weighted by atomic mass is 9.80. The number of pyridine rings is 1. The fraction of sp³-hybridized carbons (Fsp3) is 0.675. The summed E-state index contributed by atoms with van der Waals surface area (Å²) in [7, 11) is 5.64. The number of hydrogen-bond acceptors (Lipinski definition) is 5. The van der Waals surface area contributed by atoms with Crippen LogP contribution in [0, 0.1) is 6.92 Å². The number of aromatic amines is 1. The first-order valence-corrected chi connectivity index (χ1v) is 21.0. The molecule has 0 fully saturated rings. The summed E-state index contributed by atoms with van der Waals surface area (Å²) in [6.45, 7) is 12.6. The minimum Gasteiger partial charge on any atom is -1.00 e. The summed E-state index contributed by atoms with van der Waals surface area (Å²) >= 11 is 0. The number of unbranched alkanes of at least 4 members (excludes halogenated alkanes) is 15. The van der Waals surface area contributed by atoms with E-state index in [1.165, 1.54) is 114 Å². The number of carbonyl (C=O) groups is 1. The average molecular weight is 717 g/mol. The summed E-state index contributed by atoms with van der Waals surface area (Å²) in [5, 5.41) is 0. The van der Waals surface area contributed by atoms with Crippen molar-refractivity contribution in [3.63, 3.8) is 0 Å². The van der Waals surface area contributed by atoms with Crippen molar-refractivity contribution < 1.29 is 26.5 Å². The summed E-state index contributed by atoms with van der Waals surface area (Å²) in [6, 6.07) is 6.29. The Morgan fingerprint density at radius 1 is 0.792 bits per heavy atom. The highest BCUT2D eigenvalue weighted by atomic mass is 35.5. The second-order valence-electron chi connectivity index (χ2n) is 14.8. The van der Waals surface area contributed by atoms with Crippen molar-refractivity contribution in [2.24, 2.45) is 0 Å². The molecule has 5 nitrogen and oxygen atoms in total. The van der Waals surface area contributed by atoms with E-state index in [9.17, 15) is 4.79 Å². The maximum Gasteiger partial charge on any atom is 0.402 e. The van der Waals surface area contributed by atoms with Gasteiger partial charge in [0.25, 0.3) is 0 Å². The quantitative estimate of drug-likeness (QED) is 0.0643. The van der Waals surface area contributed by atoms with Crippen LogP contribution in [0.5, 0.6) is 5.75 Å². The van der Waals surface area contributed by atoms with Gasteiger partial charge in [0.05, 0.1) is 19.1 Å². The van der Waals surface area contributed by atoms with Crippen molar-refractivity contribution >= 4 is 38.4 Å². The van der Waals surface area contributed by atoms with Crippen LogP contribution < -0.4 is 21.7 Å². The third-order valence-electron chi connectivity index (χ3n) is 10.4. The van der Waals surface area contributed by atoms with Crippen LogP contribution in [0.3, 0.4) is 0 Å². The van der Waals surface area contributed by atoms with Gasteiger partial charge in [-0.15, -0.1) is 0 Å². The number of benzene rings is 1. The molecule has 0 atom stereocenters.